The Kier molecular flexibility index (Phi) is 6.93. The van der Waals surface area contributed by atoms with Gasteiger partial charge in [0.25, 0.3) is 5.91 Å². The minimum atomic E-state index is -3.73. The number of methoxy groups -OCH3 is 1. The van der Waals surface area contributed by atoms with Crippen LogP contribution in [0.1, 0.15) is 27.4 Å². The Morgan fingerprint density at radius 3 is 2.69 bits per heavy atom. The molecule has 26 heavy (non-hydrogen) atoms. The number of aryl methyl sites for hydroxylation is 2. The summed E-state index contributed by atoms with van der Waals surface area (Å²) >= 11 is 3.28. The van der Waals surface area contributed by atoms with E-state index in [1.54, 1.807) is 13.8 Å². The fraction of sp³-hybridized carbons (Fsp3) is 0.375. The summed E-state index contributed by atoms with van der Waals surface area (Å²) in [6.07, 6.45) is 0. The monoisotopic (exact) mass is 445 g/mol. The van der Waals surface area contributed by atoms with Crippen LogP contribution in [-0.2, 0) is 21.3 Å². The minimum Gasteiger partial charge on any atom is -0.383 e. The molecule has 0 aliphatic rings. The van der Waals surface area contributed by atoms with E-state index in [-0.39, 0.29) is 30.2 Å². The summed E-state index contributed by atoms with van der Waals surface area (Å²) in [5.41, 5.74) is 1.70. The molecular weight excluding hydrogens is 426 g/mol. The van der Waals surface area contributed by atoms with Crippen LogP contribution in [0.25, 0.3) is 0 Å². The average Bonchev–Trinajstić information content (AvgIpc) is 2.91. The van der Waals surface area contributed by atoms with Gasteiger partial charge in [-0.1, -0.05) is 5.16 Å². The van der Waals surface area contributed by atoms with Crippen molar-refractivity contribution in [1.82, 2.24) is 15.2 Å². The van der Waals surface area contributed by atoms with Crippen molar-refractivity contribution in [3.63, 3.8) is 0 Å². The van der Waals surface area contributed by atoms with Crippen LogP contribution >= 0.6 is 15.9 Å². The number of nitrogens with one attached hydrogen (secondary N) is 2. The molecule has 0 saturated carbocycles. The predicted octanol–water partition coefficient (Wildman–Crippen LogP) is 1.91. The van der Waals surface area contributed by atoms with E-state index in [9.17, 15) is 13.2 Å². The number of carbonyl (C=O) groups excluding carboxylic acids is 1. The first-order valence-electron chi connectivity index (χ1n) is 7.74. The molecule has 0 spiro atoms. The molecule has 0 saturated heterocycles. The first-order valence-corrected chi connectivity index (χ1v) is 10.0. The molecule has 0 aliphatic carbocycles. The van der Waals surface area contributed by atoms with E-state index < -0.39 is 15.9 Å². The molecule has 2 aromatic rings. The molecule has 1 aromatic heterocycles. The van der Waals surface area contributed by atoms with E-state index in [1.807, 2.05) is 0 Å². The third kappa shape index (κ3) is 4.91. The summed E-state index contributed by atoms with van der Waals surface area (Å²) in [5, 5.41) is 6.58. The Labute approximate surface area is 160 Å². The number of amides is 1. The molecule has 142 valence electrons. The highest BCUT2D eigenvalue weighted by molar-refractivity contribution is 9.10. The summed E-state index contributed by atoms with van der Waals surface area (Å²) in [7, 11) is -2.25. The lowest BCUT2D eigenvalue weighted by Crippen LogP contribution is -2.28. The van der Waals surface area contributed by atoms with Crippen LogP contribution in [0, 0.1) is 13.8 Å². The zero-order chi connectivity index (χ0) is 19.3. The highest BCUT2D eigenvalue weighted by Crippen LogP contribution is 2.21. The number of nitrogens with zero attached hydrogens (tertiary/aromatic N) is 1. The van der Waals surface area contributed by atoms with Crippen LogP contribution in [0.3, 0.4) is 0 Å². The zero-order valence-corrected chi connectivity index (χ0v) is 17.0. The molecule has 1 amide bonds. The average molecular weight is 446 g/mol. The van der Waals surface area contributed by atoms with Crippen molar-refractivity contribution in [3.05, 3.63) is 45.3 Å². The number of benzene rings is 1. The standard InChI is InChI=1S/C16H20BrN3O5S/c1-10-14(11(2)25-20-10)9-18-16(21)13-8-12(4-5-15(13)17)26(22,23)19-6-7-24-3/h4-5,8,19H,6-7,9H2,1-3H3,(H,18,21). The molecule has 2 rings (SSSR count). The highest BCUT2D eigenvalue weighted by Gasteiger charge is 2.19. The van der Waals surface area contributed by atoms with Gasteiger partial charge in [-0.2, -0.15) is 0 Å². The van der Waals surface area contributed by atoms with Crippen molar-refractivity contribution in [2.24, 2.45) is 0 Å². The van der Waals surface area contributed by atoms with Crippen molar-refractivity contribution in [3.8, 4) is 0 Å². The molecular formula is C16H20BrN3O5S. The number of sulfonamides is 1. The molecule has 0 bridgehead atoms. The molecule has 0 radical (unpaired) electrons. The Morgan fingerprint density at radius 1 is 1.35 bits per heavy atom. The normalized spacial score (nSPS) is 11.5. The lowest BCUT2D eigenvalue weighted by molar-refractivity contribution is 0.0950. The van der Waals surface area contributed by atoms with Gasteiger partial charge in [0.15, 0.2) is 0 Å². The van der Waals surface area contributed by atoms with Crippen molar-refractivity contribution < 1.29 is 22.5 Å². The predicted molar refractivity (Wildman–Crippen MR) is 98.4 cm³/mol. The second-order valence-electron chi connectivity index (χ2n) is 5.52. The fourth-order valence-corrected chi connectivity index (χ4v) is 3.69. The van der Waals surface area contributed by atoms with E-state index in [0.29, 0.717) is 15.9 Å². The fourth-order valence-electron chi connectivity index (χ4n) is 2.23. The largest absolute Gasteiger partial charge is 0.383 e. The van der Waals surface area contributed by atoms with Gasteiger partial charge in [0.2, 0.25) is 10.0 Å². The number of ether oxygens (including phenoxy) is 1. The van der Waals surface area contributed by atoms with Gasteiger partial charge in [0, 0.05) is 30.2 Å². The Hall–Kier alpha value is -1.75. The first kappa shape index (κ1) is 20.6. The molecule has 0 unspecified atom stereocenters. The number of hydrogen-bond donors (Lipinski definition) is 2. The molecule has 1 heterocycles. The zero-order valence-electron chi connectivity index (χ0n) is 14.6. The minimum absolute atomic E-state index is 0.000656. The topological polar surface area (TPSA) is 111 Å². The van der Waals surface area contributed by atoms with Gasteiger partial charge in [-0.25, -0.2) is 13.1 Å². The van der Waals surface area contributed by atoms with Crippen LogP contribution in [-0.4, -0.2) is 39.7 Å². The van der Waals surface area contributed by atoms with Crippen molar-refractivity contribution in [1.29, 1.82) is 0 Å². The molecule has 2 N–H and O–H groups in total. The molecule has 10 heteroatoms. The number of aromatic nitrogens is 1. The van der Waals surface area contributed by atoms with Gasteiger partial charge >= 0.3 is 0 Å². The third-order valence-electron chi connectivity index (χ3n) is 3.70. The van der Waals surface area contributed by atoms with Gasteiger partial charge in [-0.15, -0.1) is 0 Å². The van der Waals surface area contributed by atoms with Crippen molar-refractivity contribution >= 4 is 31.9 Å². The summed E-state index contributed by atoms with van der Waals surface area (Å²) in [6, 6.07) is 4.27. The van der Waals surface area contributed by atoms with Crippen molar-refractivity contribution in [2.45, 2.75) is 25.3 Å². The number of carbonyl (C=O) groups is 1. The van der Waals surface area contributed by atoms with Gasteiger partial charge < -0.3 is 14.6 Å². The summed E-state index contributed by atoms with van der Waals surface area (Å²) in [6.45, 7) is 4.17. The summed E-state index contributed by atoms with van der Waals surface area (Å²) in [5.74, 6) is 0.214. The van der Waals surface area contributed by atoms with Crippen LogP contribution in [0.4, 0.5) is 0 Å². The van der Waals surface area contributed by atoms with Crippen LogP contribution in [0.15, 0.2) is 32.1 Å². The van der Waals surface area contributed by atoms with E-state index in [4.69, 9.17) is 9.26 Å². The van der Waals surface area contributed by atoms with E-state index in [2.05, 4.69) is 31.1 Å². The quantitative estimate of drug-likeness (QED) is 0.600. The number of hydrogen-bond acceptors (Lipinski definition) is 6. The maximum atomic E-state index is 12.5. The molecule has 0 atom stereocenters. The first-order chi connectivity index (χ1) is 12.3. The van der Waals surface area contributed by atoms with E-state index >= 15 is 0 Å². The maximum Gasteiger partial charge on any atom is 0.252 e. The molecule has 1 aromatic carbocycles. The summed E-state index contributed by atoms with van der Waals surface area (Å²) < 4.78 is 37.4. The van der Waals surface area contributed by atoms with Crippen LogP contribution in [0.2, 0.25) is 0 Å². The Bertz CT molecular complexity index is 876. The number of rotatable bonds is 8. The van der Waals surface area contributed by atoms with E-state index in [1.165, 1.54) is 25.3 Å². The van der Waals surface area contributed by atoms with Gasteiger partial charge in [0.1, 0.15) is 5.76 Å². The van der Waals surface area contributed by atoms with Crippen LogP contribution in [0.5, 0.6) is 0 Å². The van der Waals surface area contributed by atoms with Gasteiger partial charge in [-0.3, -0.25) is 4.79 Å². The second kappa shape index (κ2) is 8.76. The van der Waals surface area contributed by atoms with Gasteiger partial charge in [-0.05, 0) is 48.0 Å². The Balaban J connectivity index is 2.17. The second-order valence-corrected chi connectivity index (χ2v) is 8.14. The van der Waals surface area contributed by atoms with E-state index in [0.717, 1.165) is 5.56 Å². The lowest BCUT2D eigenvalue weighted by Gasteiger charge is -2.10. The smallest absolute Gasteiger partial charge is 0.252 e. The SMILES string of the molecule is COCCNS(=O)(=O)c1ccc(Br)c(C(=O)NCc2c(C)noc2C)c1. The molecule has 8 nitrogen and oxygen atoms in total. The van der Waals surface area contributed by atoms with Gasteiger partial charge in [0.05, 0.1) is 22.8 Å². The highest BCUT2D eigenvalue weighted by atomic mass is 79.9. The lowest BCUT2D eigenvalue weighted by atomic mass is 10.2. The summed E-state index contributed by atoms with van der Waals surface area (Å²) in [4.78, 5) is 12.5. The maximum absolute atomic E-state index is 12.5. The molecule has 0 aliphatic heterocycles. The Morgan fingerprint density at radius 2 is 2.08 bits per heavy atom. The molecule has 0 fully saturated rings. The van der Waals surface area contributed by atoms with Crippen LogP contribution < -0.4 is 10.0 Å². The number of halogens is 1. The third-order valence-corrected chi connectivity index (χ3v) is 5.85. The van der Waals surface area contributed by atoms with Crippen molar-refractivity contribution in [2.75, 3.05) is 20.3 Å².